The summed E-state index contributed by atoms with van der Waals surface area (Å²) in [6.45, 7) is 0. The summed E-state index contributed by atoms with van der Waals surface area (Å²) in [6.07, 6.45) is 1.80. The normalized spacial score (nSPS) is 9.90. The molecule has 0 atom stereocenters. The average Bonchev–Trinajstić information content (AvgIpc) is 2.48. The molecule has 5 nitrogen and oxygen atoms in total. The molecule has 104 valence electrons. The number of nitrogens with one attached hydrogen (secondary N) is 1. The highest BCUT2D eigenvalue weighted by molar-refractivity contribution is 5.92. The van der Waals surface area contributed by atoms with Gasteiger partial charge in [-0.2, -0.15) is 0 Å². The second-order valence-corrected chi connectivity index (χ2v) is 4.13. The first-order valence-electron chi connectivity index (χ1n) is 6.14. The minimum Gasteiger partial charge on any atom is -0.496 e. The van der Waals surface area contributed by atoms with Crippen LogP contribution in [0.25, 0.3) is 0 Å². The lowest BCUT2D eigenvalue weighted by Crippen LogP contribution is -2.15. The van der Waals surface area contributed by atoms with Gasteiger partial charge in [0.15, 0.2) is 0 Å². The molecule has 0 aliphatic rings. The van der Waals surface area contributed by atoms with Crippen molar-refractivity contribution in [3.63, 3.8) is 0 Å². The number of para-hydroxylation sites is 1. The minimum atomic E-state index is -0.124. The number of aromatic nitrogens is 1. The Hall–Kier alpha value is -2.56. The van der Waals surface area contributed by atoms with Crippen LogP contribution in [0.3, 0.4) is 0 Å². The molecule has 20 heavy (non-hydrogen) atoms. The summed E-state index contributed by atoms with van der Waals surface area (Å²) in [7, 11) is 3.13. The summed E-state index contributed by atoms with van der Waals surface area (Å²) in [5, 5.41) is 2.78. The monoisotopic (exact) mass is 272 g/mol. The van der Waals surface area contributed by atoms with Crippen molar-refractivity contribution in [2.75, 3.05) is 19.5 Å². The van der Waals surface area contributed by atoms with Gasteiger partial charge in [0, 0.05) is 11.6 Å². The van der Waals surface area contributed by atoms with E-state index >= 15 is 0 Å². The maximum absolute atomic E-state index is 12.0. The molecule has 0 aliphatic carbocycles. The van der Waals surface area contributed by atoms with Crippen LogP contribution in [0, 0.1) is 0 Å². The third-order valence-electron chi connectivity index (χ3n) is 2.77. The first-order valence-corrected chi connectivity index (χ1v) is 6.14. The molecule has 0 fully saturated rings. The Labute approximate surface area is 117 Å². The lowest BCUT2D eigenvalue weighted by Gasteiger charge is -2.09. The van der Waals surface area contributed by atoms with E-state index in [9.17, 15) is 4.79 Å². The van der Waals surface area contributed by atoms with Crippen LogP contribution in [-0.2, 0) is 11.2 Å². The first-order chi connectivity index (χ1) is 9.72. The topological polar surface area (TPSA) is 60.5 Å². The van der Waals surface area contributed by atoms with Crippen LogP contribution in [0.15, 0.2) is 42.6 Å². The van der Waals surface area contributed by atoms with E-state index in [0.29, 0.717) is 17.3 Å². The summed E-state index contributed by atoms with van der Waals surface area (Å²) in [4.78, 5) is 16.0. The van der Waals surface area contributed by atoms with Crippen LogP contribution in [0.5, 0.6) is 11.6 Å². The fourth-order valence-electron chi connectivity index (χ4n) is 1.80. The van der Waals surface area contributed by atoms with Gasteiger partial charge >= 0.3 is 0 Å². The van der Waals surface area contributed by atoms with Crippen LogP contribution in [0.4, 0.5) is 5.69 Å². The summed E-state index contributed by atoms with van der Waals surface area (Å²) in [5.74, 6) is 1.09. The number of hydrogen-bond donors (Lipinski definition) is 1. The Bertz CT molecular complexity index is 582. The molecule has 0 bridgehead atoms. The zero-order chi connectivity index (χ0) is 14.4. The number of hydrogen-bond acceptors (Lipinski definition) is 4. The second kappa shape index (κ2) is 6.56. The maximum Gasteiger partial charge on any atom is 0.228 e. The molecule has 0 radical (unpaired) electrons. The Morgan fingerprint density at radius 1 is 1.15 bits per heavy atom. The van der Waals surface area contributed by atoms with Gasteiger partial charge in [0.05, 0.1) is 32.5 Å². The van der Waals surface area contributed by atoms with E-state index in [0.717, 1.165) is 5.56 Å². The van der Waals surface area contributed by atoms with Gasteiger partial charge in [-0.05, 0) is 12.1 Å². The smallest absolute Gasteiger partial charge is 0.228 e. The van der Waals surface area contributed by atoms with Crippen molar-refractivity contribution in [2.45, 2.75) is 6.42 Å². The summed E-state index contributed by atoms with van der Waals surface area (Å²) in [5.41, 5.74) is 1.47. The zero-order valence-electron chi connectivity index (χ0n) is 11.4. The Morgan fingerprint density at radius 2 is 1.95 bits per heavy atom. The number of benzene rings is 1. The van der Waals surface area contributed by atoms with Gasteiger partial charge in [-0.3, -0.25) is 4.79 Å². The van der Waals surface area contributed by atoms with Crippen molar-refractivity contribution in [1.82, 2.24) is 4.98 Å². The number of methoxy groups -OCH3 is 2. The molecule has 1 N–H and O–H groups in total. The number of pyridine rings is 1. The van der Waals surface area contributed by atoms with Gasteiger partial charge in [0.1, 0.15) is 5.75 Å². The summed E-state index contributed by atoms with van der Waals surface area (Å²) in [6, 6.07) is 10.9. The van der Waals surface area contributed by atoms with E-state index in [2.05, 4.69) is 10.3 Å². The van der Waals surface area contributed by atoms with Crippen molar-refractivity contribution in [2.24, 2.45) is 0 Å². The SMILES string of the molecule is COc1ccc(NC(=O)Cc2ccccc2OC)cn1. The number of amides is 1. The van der Waals surface area contributed by atoms with E-state index in [1.54, 1.807) is 32.5 Å². The molecule has 5 heteroatoms. The molecular formula is C15H16N2O3. The lowest BCUT2D eigenvalue weighted by atomic mass is 10.1. The Morgan fingerprint density at radius 3 is 2.60 bits per heavy atom. The average molecular weight is 272 g/mol. The molecule has 0 saturated carbocycles. The van der Waals surface area contributed by atoms with E-state index < -0.39 is 0 Å². The number of carbonyl (C=O) groups excluding carboxylic acids is 1. The van der Waals surface area contributed by atoms with E-state index in [1.807, 2.05) is 24.3 Å². The number of nitrogens with zero attached hydrogens (tertiary/aromatic N) is 1. The second-order valence-electron chi connectivity index (χ2n) is 4.13. The molecular weight excluding hydrogens is 256 g/mol. The number of ether oxygens (including phenoxy) is 2. The highest BCUT2D eigenvalue weighted by Gasteiger charge is 2.08. The fourth-order valence-corrected chi connectivity index (χ4v) is 1.80. The van der Waals surface area contributed by atoms with E-state index in [1.165, 1.54) is 0 Å². The van der Waals surface area contributed by atoms with Gasteiger partial charge in [-0.15, -0.1) is 0 Å². The van der Waals surface area contributed by atoms with Crippen molar-refractivity contribution < 1.29 is 14.3 Å². The van der Waals surface area contributed by atoms with Gasteiger partial charge in [0.2, 0.25) is 11.8 Å². The van der Waals surface area contributed by atoms with Crippen LogP contribution in [0.1, 0.15) is 5.56 Å². The lowest BCUT2D eigenvalue weighted by molar-refractivity contribution is -0.115. The van der Waals surface area contributed by atoms with Crippen molar-refractivity contribution >= 4 is 11.6 Å². The molecule has 2 rings (SSSR count). The largest absolute Gasteiger partial charge is 0.496 e. The molecule has 0 aliphatic heterocycles. The van der Waals surface area contributed by atoms with Crippen molar-refractivity contribution in [3.8, 4) is 11.6 Å². The summed E-state index contributed by atoms with van der Waals surface area (Å²) >= 11 is 0. The highest BCUT2D eigenvalue weighted by atomic mass is 16.5. The van der Waals surface area contributed by atoms with Crippen LogP contribution < -0.4 is 14.8 Å². The Balaban J connectivity index is 2.01. The molecule has 0 saturated heterocycles. The minimum absolute atomic E-state index is 0.124. The molecule has 1 aromatic carbocycles. The maximum atomic E-state index is 12.0. The molecule has 2 aromatic rings. The molecule has 1 aromatic heterocycles. The highest BCUT2D eigenvalue weighted by Crippen LogP contribution is 2.18. The van der Waals surface area contributed by atoms with Crippen molar-refractivity contribution in [3.05, 3.63) is 48.2 Å². The standard InChI is InChI=1S/C15H16N2O3/c1-19-13-6-4-3-5-11(13)9-14(18)17-12-7-8-15(20-2)16-10-12/h3-8,10H,9H2,1-2H3,(H,17,18). The van der Waals surface area contributed by atoms with Gasteiger partial charge in [-0.1, -0.05) is 18.2 Å². The van der Waals surface area contributed by atoms with Gasteiger partial charge in [-0.25, -0.2) is 4.98 Å². The molecule has 1 heterocycles. The van der Waals surface area contributed by atoms with E-state index in [-0.39, 0.29) is 12.3 Å². The first kappa shape index (κ1) is 13.9. The molecule has 0 unspecified atom stereocenters. The van der Waals surface area contributed by atoms with E-state index in [4.69, 9.17) is 9.47 Å². The predicted octanol–water partition coefficient (Wildman–Crippen LogP) is 2.28. The number of rotatable bonds is 5. The quantitative estimate of drug-likeness (QED) is 0.907. The fraction of sp³-hybridized carbons (Fsp3) is 0.200. The third-order valence-corrected chi connectivity index (χ3v) is 2.77. The number of anilines is 1. The van der Waals surface area contributed by atoms with Crippen LogP contribution in [0.2, 0.25) is 0 Å². The molecule has 0 spiro atoms. The predicted molar refractivity (Wildman–Crippen MR) is 76.1 cm³/mol. The zero-order valence-corrected chi connectivity index (χ0v) is 11.4. The van der Waals surface area contributed by atoms with Gasteiger partial charge < -0.3 is 14.8 Å². The Kier molecular flexibility index (Phi) is 4.55. The van der Waals surface area contributed by atoms with Gasteiger partial charge in [0.25, 0.3) is 0 Å². The number of carbonyl (C=O) groups is 1. The summed E-state index contributed by atoms with van der Waals surface area (Å²) < 4.78 is 10.2. The van der Waals surface area contributed by atoms with Crippen molar-refractivity contribution in [1.29, 1.82) is 0 Å². The third kappa shape index (κ3) is 3.47. The molecule has 1 amide bonds. The van der Waals surface area contributed by atoms with Crippen LogP contribution >= 0.6 is 0 Å². The van der Waals surface area contributed by atoms with Crippen LogP contribution in [-0.4, -0.2) is 25.1 Å².